The van der Waals surface area contributed by atoms with Gasteiger partial charge in [0.1, 0.15) is 12.4 Å². The van der Waals surface area contributed by atoms with Gasteiger partial charge in [-0.2, -0.15) is 0 Å². The van der Waals surface area contributed by atoms with Crippen LogP contribution in [0.15, 0.2) is 40.2 Å². The molecule has 2 nitrogen and oxygen atoms in total. The molecule has 0 aliphatic rings. The summed E-state index contributed by atoms with van der Waals surface area (Å²) in [5, 5.41) is 12.0. The Kier molecular flexibility index (Phi) is 4.80. The second kappa shape index (κ2) is 6.36. The molecular weight excluding hydrogens is 312 g/mol. The maximum absolute atomic E-state index is 9.93. The van der Waals surface area contributed by atoms with Crippen LogP contribution in [-0.4, -0.2) is 5.11 Å². The number of aliphatic hydroxyl groups excluding tert-OH is 1. The van der Waals surface area contributed by atoms with Gasteiger partial charge < -0.3 is 9.84 Å². The quantitative estimate of drug-likeness (QED) is 0.874. The molecule has 1 atom stereocenters. The van der Waals surface area contributed by atoms with Crippen molar-refractivity contribution < 1.29 is 9.84 Å². The van der Waals surface area contributed by atoms with E-state index in [-0.39, 0.29) is 0 Å². The standard InChI is InChI=1S/C14H15BrO2S/c1-2-13(16)12-5-3-4-6-14(12)17-8-11-7-10(15)9-18-11/h3-7,9,13,16H,2,8H2,1H3. The summed E-state index contributed by atoms with van der Waals surface area (Å²) in [5.74, 6) is 0.761. The van der Waals surface area contributed by atoms with Crippen LogP contribution >= 0.6 is 27.3 Å². The highest BCUT2D eigenvalue weighted by Crippen LogP contribution is 2.28. The molecular formula is C14H15BrO2S. The first-order chi connectivity index (χ1) is 8.70. The van der Waals surface area contributed by atoms with Gasteiger partial charge in [-0.3, -0.25) is 0 Å². The summed E-state index contributed by atoms with van der Waals surface area (Å²) in [4.78, 5) is 1.16. The van der Waals surface area contributed by atoms with Gasteiger partial charge in [-0.1, -0.05) is 25.1 Å². The highest BCUT2D eigenvalue weighted by atomic mass is 79.9. The summed E-state index contributed by atoms with van der Waals surface area (Å²) >= 11 is 5.08. The largest absolute Gasteiger partial charge is 0.488 e. The number of hydrogen-bond donors (Lipinski definition) is 1. The molecule has 96 valence electrons. The first-order valence-corrected chi connectivity index (χ1v) is 7.50. The van der Waals surface area contributed by atoms with Crippen molar-refractivity contribution in [3.05, 3.63) is 50.6 Å². The molecule has 4 heteroatoms. The van der Waals surface area contributed by atoms with E-state index in [2.05, 4.69) is 15.9 Å². The molecule has 18 heavy (non-hydrogen) atoms. The summed E-state index contributed by atoms with van der Waals surface area (Å²) in [6, 6.07) is 9.70. The smallest absolute Gasteiger partial charge is 0.125 e. The first-order valence-electron chi connectivity index (χ1n) is 5.83. The third-order valence-electron chi connectivity index (χ3n) is 2.66. The van der Waals surface area contributed by atoms with Gasteiger partial charge in [-0.05, 0) is 34.5 Å². The Balaban J connectivity index is 2.09. The lowest BCUT2D eigenvalue weighted by Crippen LogP contribution is -2.01. The topological polar surface area (TPSA) is 29.5 Å². The predicted octanol–water partition coefficient (Wildman–Crippen LogP) is 4.53. The second-order valence-electron chi connectivity index (χ2n) is 3.98. The van der Waals surface area contributed by atoms with Gasteiger partial charge in [-0.25, -0.2) is 0 Å². The number of rotatable bonds is 5. The molecule has 0 aliphatic heterocycles. The average molecular weight is 327 g/mol. The van der Waals surface area contributed by atoms with Gasteiger partial charge in [0, 0.05) is 20.3 Å². The van der Waals surface area contributed by atoms with Crippen LogP contribution in [0.5, 0.6) is 5.75 Å². The maximum atomic E-state index is 9.93. The van der Waals surface area contributed by atoms with Crippen molar-refractivity contribution in [3.8, 4) is 5.75 Å². The molecule has 1 aromatic heterocycles. The lowest BCUT2D eigenvalue weighted by Gasteiger charge is -2.14. The fraction of sp³-hybridized carbons (Fsp3) is 0.286. The zero-order valence-corrected chi connectivity index (χ0v) is 12.5. The lowest BCUT2D eigenvalue weighted by molar-refractivity contribution is 0.166. The van der Waals surface area contributed by atoms with E-state index in [0.717, 1.165) is 20.7 Å². The Morgan fingerprint density at radius 2 is 2.17 bits per heavy atom. The minimum Gasteiger partial charge on any atom is -0.488 e. The fourth-order valence-electron chi connectivity index (χ4n) is 1.69. The van der Waals surface area contributed by atoms with Crippen molar-refractivity contribution in [2.24, 2.45) is 0 Å². The van der Waals surface area contributed by atoms with Gasteiger partial charge in [-0.15, -0.1) is 11.3 Å². The van der Waals surface area contributed by atoms with Crippen LogP contribution in [0.2, 0.25) is 0 Å². The number of para-hydroxylation sites is 1. The average Bonchev–Trinajstić information content (AvgIpc) is 2.81. The maximum Gasteiger partial charge on any atom is 0.125 e. The van der Waals surface area contributed by atoms with Gasteiger partial charge >= 0.3 is 0 Å². The van der Waals surface area contributed by atoms with Gasteiger partial charge in [0.05, 0.1) is 6.10 Å². The number of aliphatic hydroxyl groups is 1. The van der Waals surface area contributed by atoms with Crippen LogP contribution in [0, 0.1) is 0 Å². The Labute approximate surface area is 119 Å². The van der Waals surface area contributed by atoms with Crippen molar-refractivity contribution in [3.63, 3.8) is 0 Å². The van der Waals surface area contributed by atoms with E-state index in [1.54, 1.807) is 11.3 Å². The molecule has 0 saturated heterocycles. The highest BCUT2D eigenvalue weighted by Gasteiger charge is 2.11. The zero-order valence-electron chi connectivity index (χ0n) is 10.1. The molecule has 1 N–H and O–H groups in total. The molecule has 0 fully saturated rings. The van der Waals surface area contributed by atoms with Crippen molar-refractivity contribution >= 4 is 27.3 Å². The van der Waals surface area contributed by atoms with Crippen molar-refractivity contribution in [1.29, 1.82) is 0 Å². The van der Waals surface area contributed by atoms with Crippen LogP contribution in [-0.2, 0) is 6.61 Å². The Bertz CT molecular complexity index is 510. The molecule has 0 amide bonds. The van der Waals surface area contributed by atoms with Crippen LogP contribution in [0.25, 0.3) is 0 Å². The molecule has 0 radical (unpaired) electrons. The van der Waals surface area contributed by atoms with Crippen LogP contribution in [0.4, 0.5) is 0 Å². The van der Waals surface area contributed by atoms with Gasteiger partial charge in [0.25, 0.3) is 0 Å². The van der Waals surface area contributed by atoms with E-state index in [1.165, 1.54) is 0 Å². The normalized spacial score (nSPS) is 12.4. The highest BCUT2D eigenvalue weighted by molar-refractivity contribution is 9.10. The third kappa shape index (κ3) is 3.34. The molecule has 0 saturated carbocycles. The summed E-state index contributed by atoms with van der Waals surface area (Å²) in [7, 11) is 0. The lowest BCUT2D eigenvalue weighted by atomic mass is 10.1. The van der Waals surface area contributed by atoms with E-state index in [0.29, 0.717) is 13.0 Å². The number of benzene rings is 1. The monoisotopic (exact) mass is 326 g/mol. The van der Waals surface area contributed by atoms with Gasteiger partial charge in [0.15, 0.2) is 0 Å². The molecule has 2 rings (SSSR count). The predicted molar refractivity (Wildman–Crippen MR) is 78.0 cm³/mol. The molecule has 2 aromatic rings. The Hall–Kier alpha value is -0.840. The van der Waals surface area contributed by atoms with E-state index < -0.39 is 6.10 Å². The molecule has 1 aromatic carbocycles. The Morgan fingerprint density at radius 3 is 2.83 bits per heavy atom. The summed E-state index contributed by atoms with van der Waals surface area (Å²) in [5.41, 5.74) is 0.857. The summed E-state index contributed by atoms with van der Waals surface area (Å²) in [6.45, 7) is 2.49. The van der Waals surface area contributed by atoms with Crippen LogP contribution < -0.4 is 4.74 Å². The third-order valence-corrected chi connectivity index (χ3v) is 4.33. The van der Waals surface area contributed by atoms with Crippen molar-refractivity contribution in [1.82, 2.24) is 0 Å². The van der Waals surface area contributed by atoms with E-state index in [9.17, 15) is 5.11 Å². The minimum absolute atomic E-state index is 0.462. The number of ether oxygens (including phenoxy) is 1. The molecule has 0 aliphatic carbocycles. The van der Waals surface area contributed by atoms with Gasteiger partial charge in [0.2, 0.25) is 0 Å². The first kappa shape index (κ1) is 13.6. The van der Waals surface area contributed by atoms with Crippen LogP contribution in [0.3, 0.4) is 0 Å². The van der Waals surface area contributed by atoms with E-state index in [4.69, 9.17) is 4.74 Å². The van der Waals surface area contributed by atoms with Crippen molar-refractivity contribution in [2.75, 3.05) is 0 Å². The van der Waals surface area contributed by atoms with E-state index in [1.807, 2.05) is 42.6 Å². The van der Waals surface area contributed by atoms with Crippen LogP contribution in [0.1, 0.15) is 29.9 Å². The van der Waals surface area contributed by atoms with Crippen molar-refractivity contribution in [2.45, 2.75) is 26.1 Å². The molecule has 1 unspecified atom stereocenters. The Morgan fingerprint density at radius 1 is 1.39 bits per heavy atom. The number of thiophene rings is 1. The molecule has 1 heterocycles. The molecule has 0 spiro atoms. The number of hydrogen-bond acceptors (Lipinski definition) is 3. The second-order valence-corrected chi connectivity index (χ2v) is 5.89. The number of halogens is 1. The minimum atomic E-state index is -0.462. The van der Waals surface area contributed by atoms with E-state index >= 15 is 0 Å². The summed E-state index contributed by atoms with van der Waals surface area (Å²) < 4.78 is 6.87. The molecule has 0 bridgehead atoms. The zero-order chi connectivity index (χ0) is 13.0. The summed E-state index contributed by atoms with van der Waals surface area (Å²) in [6.07, 6.45) is 0.224. The fourth-order valence-corrected chi connectivity index (χ4v) is 3.05. The SMILES string of the molecule is CCC(O)c1ccccc1OCc1cc(Br)cs1.